The standard InChI is InChI=1S/C18H24N4O2/c1-13-11-14(2)22(20-13)12-15-5-7-16(8-6-15)18(24)19-10-9-17(23)21(3)4/h5-8,11H,9-10,12H2,1-4H3,(H,19,24). The van der Waals surface area contributed by atoms with E-state index in [2.05, 4.69) is 10.4 Å². The largest absolute Gasteiger partial charge is 0.352 e. The van der Waals surface area contributed by atoms with Gasteiger partial charge in [-0.15, -0.1) is 0 Å². The Morgan fingerprint density at radius 1 is 1.17 bits per heavy atom. The highest BCUT2D eigenvalue weighted by molar-refractivity contribution is 5.94. The first-order valence-electron chi connectivity index (χ1n) is 7.95. The van der Waals surface area contributed by atoms with Crippen LogP contribution in [0.4, 0.5) is 0 Å². The summed E-state index contributed by atoms with van der Waals surface area (Å²) in [4.78, 5) is 25.1. The van der Waals surface area contributed by atoms with Gasteiger partial charge in [0, 0.05) is 38.3 Å². The van der Waals surface area contributed by atoms with Crippen LogP contribution in [0.1, 0.15) is 33.7 Å². The van der Waals surface area contributed by atoms with Crippen LogP contribution in [0.2, 0.25) is 0 Å². The van der Waals surface area contributed by atoms with Gasteiger partial charge in [-0.2, -0.15) is 5.10 Å². The maximum atomic E-state index is 12.1. The highest BCUT2D eigenvalue weighted by atomic mass is 16.2. The fourth-order valence-electron chi connectivity index (χ4n) is 2.38. The fraction of sp³-hybridized carbons (Fsp3) is 0.389. The molecule has 1 heterocycles. The molecular formula is C18H24N4O2. The lowest BCUT2D eigenvalue weighted by Crippen LogP contribution is -2.30. The van der Waals surface area contributed by atoms with E-state index in [9.17, 15) is 9.59 Å². The molecule has 2 amide bonds. The van der Waals surface area contributed by atoms with E-state index in [-0.39, 0.29) is 11.8 Å². The van der Waals surface area contributed by atoms with Crippen molar-refractivity contribution < 1.29 is 9.59 Å². The molecule has 0 aliphatic heterocycles. The molecular weight excluding hydrogens is 304 g/mol. The van der Waals surface area contributed by atoms with Gasteiger partial charge in [-0.3, -0.25) is 14.3 Å². The first-order valence-corrected chi connectivity index (χ1v) is 7.95. The number of aromatic nitrogens is 2. The maximum Gasteiger partial charge on any atom is 0.251 e. The molecule has 0 saturated heterocycles. The van der Waals surface area contributed by atoms with Crippen molar-refractivity contribution in [1.29, 1.82) is 0 Å². The number of carbonyl (C=O) groups is 2. The number of nitrogens with zero attached hydrogens (tertiary/aromatic N) is 3. The van der Waals surface area contributed by atoms with Crippen molar-refractivity contribution in [3.05, 3.63) is 52.8 Å². The van der Waals surface area contributed by atoms with Crippen LogP contribution in [0.5, 0.6) is 0 Å². The van der Waals surface area contributed by atoms with Gasteiger partial charge in [0.25, 0.3) is 5.91 Å². The number of rotatable bonds is 6. The van der Waals surface area contributed by atoms with E-state index in [0.29, 0.717) is 25.1 Å². The average molecular weight is 328 g/mol. The van der Waals surface area contributed by atoms with Crippen LogP contribution in [0.25, 0.3) is 0 Å². The predicted molar refractivity (Wildman–Crippen MR) is 92.9 cm³/mol. The molecule has 0 bridgehead atoms. The van der Waals surface area contributed by atoms with Gasteiger partial charge < -0.3 is 10.2 Å². The molecule has 1 N–H and O–H groups in total. The minimum atomic E-state index is -0.167. The van der Waals surface area contributed by atoms with E-state index in [0.717, 1.165) is 17.0 Å². The highest BCUT2D eigenvalue weighted by Gasteiger charge is 2.08. The minimum absolute atomic E-state index is 0.00414. The first-order chi connectivity index (χ1) is 11.4. The molecule has 6 nitrogen and oxygen atoms in total. The lowest BCUT2D eigenvalue weighted by molar-refractivity contribution is -0.128. The smallest absolute Gasteiger partial charge is 0.251 e. The number of hydrogen-bond donors (Lipinski definition) is 1. The number of amides is 2. The van der Waals surface area contributed by atoms with Crippen molar-refractivity contribution in [1.82, 2.24) is 20.0 Å². The summed E-state index contributed by atoms with van der Waals surface area (Å²) in [5.74, 6) is -0.172. The Balaban J connectivity index is 1.90. The number of carbonyl (C=O) groups excluding carboxylic acids is 2. The van der Waals surface area contributed by atoms with E-state index in [1.165, 1.54) is 4.90 Å². The molecule has 1 aromatic carbocycles. The molecule has 0 unspecified atom stereocenters. The summed E-state index contributed by atoms with van der Waals surface area (Å²) in [6.45, 7) is 5.01. The van der Waals surface area contributed by atoms with Crippen LogP contribution in [0.3, 0.4) is 0 Å². The van der Waals surface area contributed by atoms with E-state index in [1.54, 1.807) is 26.2 Å². The van der Waals surface area contributed by atoms with Gasteiger partial charge in [-0.1, -0.05) is 12.1 Å². The summed E-state index contributed by atoms with van der Waals surface area (Å²) >= 11 is 0. The molecule has 0 aliphatic rings. The zero-order chi connectivity index (χ0) is 17.7. The minimum Gasteiger partial charge on any atom is -0.352 e. The Labute approximate surface area is 142 Å². The average Bonchev–Trinajstić information content (AvgIpc) is 2.85. The second-order valence-corrected chi connectivity index (χ2v) is 6.08. The highest BCUT2D eigenvalue weighted by Crippen LogP contribution is 2.09. The predicted octanol–water partition coefficient (Wildman–Crippen LogP) is 1.76. The van der Waals surface area contributed by atoms with Gasteiger partial charge in [0.2, 0.25) is 5.91 Å². The second-order valence-electron chi connectivity index (χ2n) is 6.08. The molecule has 1 aromatic heterocycles. The van der Waals surface area contributed by atoms with E-state index >= 15 is 0 Å². The molecule has 0 aliphatic carbocycles. The lowest BCUT2D eigenvalue weighted by atomic mass is 10.1. The second kappa shape index (κ2) is 7.77. The summed E-state index contributed by atoms with van der Waals surface area (Å²) in [5.41, 5.74) is 3.78. The van der Waals surface area contributed by atoms with Crippen molar-refractivity contribution in [3.8, 4) is 0 Å². The molecule has 0 radical (unpaired) electrons. The van der Waals surface area contributed by atoms with Crippen LogP contribution in [-0.2, 0) is 11.3 Å². The molecule has 0 fully saturated rings. The Morgan fingerprint density at radius 3 is 2.38 bits per heavy atom. The van der Waals surface area contributed by atoms with Crippen molar-refractivity contribution in [2.75, 3.05) is 20.6 Å². The zero-order valence-electron chi connectivity index (χ0n) is 14.7. The van der Waals surface area contributed by atoms with E-state index in [4.69, 9.17) is 0 Å². The monoisotopic (exact) mass is 328 g/mol. The normalized spacial score (nSPS) is 10.5. The number of hydrogen-bond acceptors (Lipinski definition) is 3. The molecule has 0 spiro atoms. The van der Waals surface area contributed by atoms with Crippen molar-refractivity contribution in [2.24, 2.45) is 0 Å². The number of benzene rings is 1. The summed E-state index contributed by atoms with van der Waals surface area (Å²) in [7, 11) is 3.40. The van der Waals surface area contributed by atoms with Crippen LogP contribution in [-0.4, -0.2) is 47.1 Å². The van der Waals surface area contributed by atoms with Crippen molar-refractivity contribution in [3.63, 3.8) is 0 Å². The van der Waals surface area contributed by atoms with Crippen LogP contribution < -0.4 is 5.32 Å². The van der Waals surface area contributed by atoms with E-state index < -0.39 is 0 Å². The van der Waals surface area contributed by atoms with Crippen LogP contribution in [0.15, 0.2) is 30.3 Å². The van der Waals surface area contributed by atoms with Crippen molar-refractivity contribution >= 4 is 11.8 Å². The SMILES string of the molecule is Cc1cc(C)n(Cc2ccc(C(=O)NCCC(=O)N(C)C)cc2)n1. The van der Waals surface area contributed by atoms with Gasteiger partial charge >= 0.3 is 0 Å². The molecule has 2 rings (SSSR count). The summed E-state index contributed by atoms with van der Waals surface area (Å²) in [5, 5.41) is 7.20. The quantitative estimate of drug-likeness (QED) is 0.878. The third-order valence-electron chi connectivity index (χ3n) is 3.78. The van der Waals surface area contributed by atoms with Gasteiger partial charge in [-0.25, -0.2) is 0 Å². The maximum absolute atomic E-state index is 12.1. The Bertz CT molecular complexity index is 717. The zero-order valence-corrected chi connectivity index (χ0v) is 14.7. The Kier molecular flexibility index (Phi) is 5.73. The first kappa shape index (κ1) is 17.7. The van der Waals surface area contributed by atoms with Gasteiger partial charge in [0.15, 0.2) is 0 Å². The van der Waals surface area contributed by atoms with Gasteiger partial charge in [0.1, 0.15) is 0 Å². The summed E-state index contributed by atoms with van der Waals surface area (Å²) < 4.78 is 1.94. The number of nitrogens with one attached hydrogen (secondary N) is 1. The van der Waals surface area contributed by atoms with Crippen LogP contribution >= 0.6 is 0 Å². The van der Waals surface area contributed by atoms with E-state index in [1.807, 2.05) is 36.7 Å². The lowest BCUT2D eigenvalue weighted by Gasteiger charge is -2.11. The van der Waals surface area contributed by atoms with Gasteiger partial charge in [0.05, 0.1) is 12.2 Å². The van der Waals surface area contributed by atoms with Crippen LogP contribution in [0, 0.1) is 13.8 Å². The molecule has 128 valence electrons. The third kappa shape index (κ3) is 4.68. The Hall–Kier alpha value is -2.63. The summed E-state index contributed by atoms with van der Waals surface area (Å²) in [6.07, 6.45) is 0.300. The molecule has 2 aromatic rings. The molecule has 0 saturated carbocycles. The van der Waals surface area contributed by atoms with Crippen molar-refractivity contribution in [2.45, 2.75) is 26.8 Å². The van der Waals surface area contributed by atoms with Gasteiger partial charge in [-0.05, 0) is 37.6 Å². The Morgan fingerprint density at radius 2 is 1.83 bits per heavy atom. The third-order valence-corrected chi connectivity index (χ3v) is 3.78. The summed E-state index contributed by atoms with van der Waals surface area (Å²) in [6, 6.07) is 9.48. The topological polar surface area (TPSA) is 67.2 Å². The molecule has 24 heavy (non-hydrogen) atoms. The molecule has 0 atom stereocenters. The fourth-order valence-corrected chi connectivity index (χ4v) is 2.38. The molecule has 6 heteroatoms. The number of aryl methyl sites for hydroxylation is 2.